The molecule has 0 aromatic carbocycles. The molecule has 0 rings (SSSR count). The smallest absolute Gasteiger partial charge is 0.505 e. The molecule has 0 aliphatic carbocycles. The molecular formula is C18H24O12. The topological polar surface area (TPSA) is 145 Å². The highest BCUT2D eigenvalue weighted by atomic mass is 17.1. The Balaban J connectivity index is 4.46. The Bertz CT molecular complexity index is 608. The van der Waals surface area contributed by atoms with Gasteiger partial charge in [-0.2, -0.15) is 5.26 Å². The lowest BCUT2D eigenvalue weighted by Gasteiger charge is -2.16. The van der Waals surface area contributed by atoms with Gasteiger partial charge in [-0.3, -0.25) is 4.89 Å². The van der Waals surface area contributed by atoms with E-state index in [0.29, 0.717) is 12.8 Å². The van der Waals surface area contributed by atoms with Crippen molar-refractivity contribution in [3.8, 4) is 0 Å². The fraction of sp³-hybridized carbons (Fsp3) is 0.389. The van der Waals surface area contributed by atoms with Crippen LogP contribution in [0, 0.1) is 0 Å². The third-order valence-electron chi connectivity index (χ3n) is 2.64. The molecule has 1 N–H and O–H groups in total. The molecule has 12 nitrogen and oxygen atoms in total. The van der Waals surface area contributed by atoms with Crippen molar-refractivity contribution in [1.82, 2.24) is 0 Å². The predicted molar refractivity (Wildman–Crippen MR) is 98.7 cm³/mol. The van der Waals surface area contributed by atoms with Crippen LogP contribution in [0.25, 0.3) is 0 Å². The summed E-state index contributed by atoms with van der Waals surface area (Å²) in [6, 6.07) is 0. The van der Waals surface area contributed by atoms with Crippen LogP contribution in [0.4, 0.5) is 14.4 Å². The molecule has 30 heavy (non-hydrogen) atoms. The van der Waals surface area contributed by atoms with Gasteiger partial charge in [-0.25, -0.2) is 14.4 Å². The van der Waals surface area contributed by atoms with Crippen LogP contribution in [-0.4, -0.2) is 57.3 Å². The molecule has 1 atom stereocenters. The SMILES string of the molecule is CO/C=C\C/C=C\OC(=O)OCC(COC(=O)OO)OC(=O)O/C=C\C/C=C\OC. The molecule has 0 radical (unpaired) electrons. The van der Waals surface area contributed by atoms with Gasteiger partial charge in [0.2, 0.25) is 0 Å². The largest absolute Gasteiger partial charge is 0.540 e. The van der Waals surface area contributed by atoms with Crippen molar-refractivity contribution in [3.63, 3.8) is 0 Å². The summed E-state index contributed by atoms with van der Waals surface area (Å²) in [7, 11) is 2.97. The quantitative estimate of drug-likeness (QED) is 0.150. The van der Waals surface area contributed by atoms with Crippen LogP contribution in [0.15, 0.2) is 49.4 Å². The Morgan fingerprint density at radius 1 is 0.733 bits per heavy atom. The van der Waals surface area contributed by atoms with Gasteiger partial charge in [0.1, 0.15) is 13.2 Å². The normalized spacial score (nSPS) is 12.1. The van der Waals surface area contributed by atoms with E-state index in [1.165, 1.54) is 38.9 Å². The number of rotatable bonds is 13. The van der Waals surface area contributed by atoms with Crippen LogP contribution in [0.1, 0.15) is 12.8 Å². The average Bonchev–Trinajstić information content (AvgIpc) is 2.74. The maximum Gasteiger partial charge on any atom is 0.540 e. The van der Waals surface area contributed by atoms with E-state index in [4.69, 9.17) is 14.7 Å². The first-order chi connectivity index (χ1) is 14.5. The second-order valence-electron chi connectivity index (χ2n) is 4.87. The highest BCUT2D eigenvalue weighted by Gasteiger charge is 2.21. The van der Waals surface area contributed by atoms with E-state index in [-0.39, 0.29) is 0 Å². The number of allylic oxidation sites excluding steroid dienone is 4. The standard InChI is InChI=1S/C18H24O12/c1-23-9-5-3-7-11-25-16(19)27-13-15(14-28-18(21)30-22)29-17(20)26-12-8-4-6-10-24-2/h5-12,15,22H,3-4,13-14H2,1-2H3/b9-5-,10-6-,11-7-,12-8-. The summed E-state index contributed by atoms with van der Waals surface area (Å²) >= 11 is 0. The van der Waals surface area contributed by atoms with Crippen molar-refractivity contribution in [2.75, 3.05) is 27.4 Å². The van der Waals surface area contributed by atoms with Crippen LogP contribution in [0.3, 0.4) is 0 Å². The minimum Gasteiger partial charge on any atom is -0.505 e. The lowest BCUT2D eigenvalue weighted by atomic mass is 10.4. The summed E-state index contributed by atoms with van der Waals surface area (Å²) in [6.07, 6.45) is 7.29. The van der Waals surface area contributed by atoms with Gasteiger partial charge in [0, 0.05) is 0 Å². The van der Waals surface area contributed by atoms with Crippen LogP contribution in [-0.2, 0) is 38.0 Å². The summed E-state index contributed by atoms with van der Waals surface area (Å²) < 4.78 is 32.7. The molecule has 0 fully saturated rings. The zero-order valence-corrected chi connectivity index (χ0v) is 16.5. The number of methoxy groups -OCH3 is 2. The van der Waals surface area contributed by atoms with Crippen molar-refractivity contribution in [1.29, 1.82) is 0 Å². The van der Waals surface area contributed by atoms with E-state index in [1.807, 2.05) is 0 Å². The second-order valence-corrected chi connectivity index (χ2v) is 4.87. The number of carbonyl (C=O) groups excluding carboxylic acids is 3. The zero-order valence-electron chi connectivity index (χ0n) is 16.5. The van der Waals surface area contributed by atoms with Gasteiger partial charge in [0.05, 0.1) is 39.3 Å². The van der Waals surface area contributed by atoms with E-state index < -0.39 is 37.8 Å². The Morgan fingerprint density at radius 3 is 1.70 bits per heavy atom. The summed E-state index contributed by atoms with van der Waals surface area (Å²) in [5.41, 5.74) is 0. The van der Waals surface area contributed by atoms with Gasteiger partial charge in [-0.05, 0) is 37.1 Å². The molecule has 0 saturated heterocycles. The minimum absolute atomic E-state index is 0.430. The predicted octanol–water partition coefficient (Wildman–Crippen LogP) is 3.42. The molecule has 0 amide bonds. The van der Waals surface area contributed by atoms with Crippen LogP contribution in [0.2, 0.25) is 0 Å². The molecule has 168 valence electrons. The maximum atomic E-state index is 11.6. The maximum absolute atomic E-state index is 11.6. The van der Waals surface area contributed by atoms with Crippen molar-refractivity contribution < 1.29 is 57.7 Å². The van der Waals surface area contributed by atoms with Gasteiger partial charge in [0.25, 0.3) is 0 Å². The van der Waals surface area contributed by atoms with Crippen LogP contribution >= 0.6 is 0 Å². The van der Waals surface area contributed by atoms with Gasteiger partial charge in [0.15, 0.2) is 6.10 Å². The lowest BCUT2D eigenvalue weighted by molar-refractivity contribution is -0.203. The summed E-state index contributed by atoms with van der Waals surface area (Å²) in [5, 5.41) is 8.17. The number of hydrogen-bond acceptors (Lipinski definition) is 12. The van der Waals surface area contributed by atoms with Crippen molar-refractivity contribution in [3.05, 3.63) is 49.4 Å². The van der Waals surface area contributed by atoms with E-state index in [9.17, 15) is 14.4 Å². The molecule has 0 saturated carbocycles. The monoisotopic (exact) mass is 432 g/mol. The molecule has 0 aromatic rings. The first kappa shape index (κ1) is 26.3. The molecule has 12 heteroatoms. The summed E-state index contributed by atoms with van der Waals surface area (Å²) in [5.74, 6) is 0. The molecule has 0 bridgehead atoms. The molecule has 0 aromatic heterocycles. The highest BCUT2D eigenvalue weighted by molar-refractivity contribution is 5.62. The molecule has 0 spiro atoms. The first-order valence-corrected chi connectivity index (χ1v) is 8.37. The molecular weight excluding hydrogens is 408 g/mol. The molecule has 0 aliphatic heterocycles. The summed E-state index contributed by atoms with van der Waals surface area (Å²) in [4.78, 5) is 37.3. The average molecular weight is 432 g/mol. The number of ether oxygens (including phenoxy) is 7. The Hall–Kier alpha value is -3.67. The fourth-order valence-electron chi connectivity index (χ4n) is 1.44. The van der Waals surface area contributed by atoms with E-state index >= 15 is 0 Å². The third kappa shape index (κ3) is 16.5. The first-order valence-electron chi connectivity index (χ1n) is 8.37. The summed E-state index contributed by atoms with van der Waals surface area (Å²) in [6.45, 7) is -1.13. The second kappa shape index (κ2) is 18.7. The molecule has 0 aliphatic rings. The third-order valence-corrected chi connectivity index (χ3v) is 2.64. The van der Waals surface area contributed by atoms with Crippen LogP contribution < -0.4 is 0 Å². The molecule has 1 unspecified atom stereocenters. The Labute approximate surface area is 172 Å². The molecule has 0 heterocycles. The fourth-order valence-corrected chi connectivity index (χ4v) is 1.44. The van der Waals surface area contributed by atoms with Gasteiger partial charge < -0.3 is 33.2 Å². The van der Waals surface area contributed by atoms with E-state index in [0.717, 1.165) is 12.5 Å². The Kier molecular flexibility index (Phi) is 16.4. The van der Waals surface area contributed by atoms with Gasteiger partial charge >= 0.3 is 18.5 Å². The van der Waals surface area contributed by atoms with Crippen molar-refractivity contribution in [2.24, 2.45) is 0 Å². The zero-order chi connectivity index (χ0) is 22.5. The van der Waals surface area contributed by atoms with Crippen molar-refractivity contribution in [2.45, 2.75) is 18.9 Å². The van der Waals surface area contributed by atoms with Crippen molar-refractivity contribution >= 4 is 18.5 Å². The van der Waals surface area contributed by atoms with Crippen LogP contribution in [0.5, 0.6) is 0 Å². The lowest BCUT2D eigenvalue weighted by Crippen LogP contribution is -2.30. The number of hydrogen-bond donors (Lipinski definition) is 1. The van der Waals surface area contributed by atoms with E-state index in [2.05, 4.69) is 28.6 Å². The van der Waals surface area contributed by atoms with Gasteiger partial charge in [-0.15, -0.1) is 0 Å². The minimum atomic E-state index is -1.45. The Morgan fingerprint density at radius 2 is 1.20 bits per heavy atom. The van der Waals surface area contributed by atoms with E-state index in [1.54, 1.807) is 12.2 Å². The number of carbonyl (C=O) groups is 3. The van der Waals surface area contributed by atoms with Gasteiger partial charge in [-0.1, -0.05) is 0 Å². The highest BCUT2D eigenvalue weighted by Crippen LogP contribution is 2.02.